The Balaban J connectivity index is 1.70. The van der Waals surface area contributed by atoms with Crippen LogP contribution in [0.3, 0.4) is 0 Å². The molecule has 1 N–H and O–H groups in total. The van der Waals surface area contributed by atoms with E-state index in [1.54, 1.807) is 36.4 Å². The Labute approximate surface area is 197 Å². The van der Waals surface area contributed by atoms with Crippen LogP contribution in [0.2, 0.25) is 10.0 Å². The third-order valence-corrected chi connectivity index (χ3v) is 5.38. The molecule has 3 aromatic rings. The van der Waals surface area contributed by atoms with Crippen LogP contribution in [0.15, 0.2) is 65.8 Å². The Morgan fingerprint density at radius 2 is 1.81 bits per heavy atom. The minimum absolute atomic E-state index is 0.00301. The van der Waals surface area contributed by atoms with E-state index in [-0.39, 0.29) is 28.5 Å². The number of nitrogens with one attached hydrogen (secondary N) is 1. The molecule has 0 fully saturated rings. The Hall–Kier alpha value is -2.89. The number of carbonyl (C=O) groups excluding carboxylic acids is 1. The molecule has 3 aromatic carbocycles. The largest absolute Gasteiger partial charge is 0.488 e. The number of nitrogens with zero attached hydrogens (tertiary/aromatic N) is 1. The highest BCUT2D eigenvalue weighted by Crippen LogP contribution is 2.25. The summed E-state index contributed by atoms with van der Waals surface area (Å²) in [5.74, 6) is -0.378. The second-order valence-electron chi connectivity index (χ2n) is 8.20. The average Bonchev–Trinajstić information content (AvgIpc) is 2.74. The molecule has 0 heterocycles. The van der Waals surface area contributed by atoms with E-state index in [0.717, 1.165) is 5.56 Å². The molecule has 3 rings (SSSR count). The van der Waals surface area contributed by atoms with Crippen LogP contribution in [-0.2, 0) is 12.0 Å². The standard InChI is InChI=1S/C25H23Cl2FN2O2/c1-25(2,3)18-9-7-16(8-10-18)24(31)30-29-14-17-13-19(26)11-12-23(17)32-15-20-21(27)5-4-6-22(20)28/h4-14H,15H2,1-3H3,(H,30,31)/b29-14+. The zero-order valence-corrected chi connectivity index (χ0v) is 19.5. The summed E-state index contributed by atoms with van der Waals surface area (Å²) in [5.41, 5.74) is 4.89. The molecule has 0 aliphatic rings. The molecule has 166 valence electrons. The number of hydrogen-bond acceptors (Lipinski definition) is 3. The van der Waals surface area contributed by atoms with E-state index in [0.29, 0.717) is 21.9 Å². The first kappa shape index (κ1) is 23.8. The maximum atomic E-state index is 14.0. The van der Waals surface area contributed by atoms with Gasteiger partial charge in [-0.05, 0) is 53.4 Å². The summed E-state index contributed by atoms with van der Waals surface area (Å²) in [7, 11) is 0. The van der Waals surface area contributed by atoms with Crippen LogP contribution in [0.25, 0.3) is 0 Å². The van der Waals surface area contributed by atoms with Crippen molar-refractivity contribution in [3.63, 3.8) is 0 Å². The van der Waals surface area contributed by atoms with Gasteiger partial charge in [0.2, 0.25) is 0 Å². The first-order valence-corrected chi connectivity index (χ1v) is 10.7. The molecule has 7 heteroatoms. The van der Waals surface area contributed by atoms with E-state index in [1.165, 1.54) is 18.3 Å². The third-order valence-electron chi connectivity index (χ3n) is 4.79. The van der Waals surface area contributed by atoms with Crippen molar-refractivity contribution in [2.45, 2.75) is 32.8 Å². The quantitative estimate of drug-likeness (QED) is 0.317. The van der Waals surface area contributed by atoms with Crippen LogP contribution in [0.5, 0.6) is 5.75 Å². The zero-order chi connectivity index (χ0) is 23.3. The van der Waals surface area contributed by atoms with Crippen LogP contribution in [0.4, 0.5) is 4.39 Å². The molecule has 4 nitrogen and oxygen atoms in total. The van der Waals surface area contributed by atoms with Crippen molar-refractivity contribution in [1.82, 2.24) is 5.43 Å². The Bertz CT molecular complexity index is 1120. The van der Waals surface area contributed by atoms with E-state index in [1.807, 2.05) is 12.1 Å². The SMILES string of the molecule is CC(C)(C)c1ccc(C(=O)N/N=C/c2cc(Cl)ccc2OCc2c(F)cccc2Cl)cc1. The highest BCUT2D eigenvalue weighted by atomic mass is 35.5. The van der Waals surface area contributed by atoms with Gasteiger partial charge < -0.3 is 4.74 Å². The first-order valence-electron chi connectivity index (χ1n) is 9.94. The van der Waals surface area contributed by atoms with Crippen molar-refractivity contribution in [3.8, 4) is 5.75 Å². The number of rotatable bonds is 6. The first-order chi connectivity index (χ1) is 15.1. The van der Waals surface area contributed by atoms with Crippen LogP contribution in [-0.4, -0.2) is 12.1 Å². The molecule has 0 unspecified atom stereocenters. The maximum Gasteiger partial charge on any atom is 0.271 e. The number of hydrazone groups is 1. The monoisotopic (exact) mass is 472 g/mol. The summed E-state index contributed by atoms with van der Waals surface area (Å²) in [6.07, 6.45) is 1.42. The predicted molar refractivity (Wildman–Crippen MR) is 127 cm³/mol. The van der Waals surface area contributed by atoms with Crippen LogP contribution in [0.1, 0.15) is 47.8 Å². The second-order valence-corrected chi connectivity index (χ2v) is 9.04. The zero-order valence-electron chi connectivity index (χ0n) is 18.0. The van der Waals surface area contributed by atoms with Crippen molar-refractivity contribution < 1.29 is 13.9 Å². The maximum absolute atomic E-state index is 14.0. The molecule has 0 atom stereocenters. The highest BCUT2D eigenvalue weighted by molar-refractivity contribution is 6.31. The smallest absolute Gasteiger partial charge is 0.271 e. The third kappa shape index (κ3) is 6.09. The summed E-state index contributed by atoms with van der Waals surface area (Å²) >= 11 is 12.1. The molecule has 0 bridgehead atoms. The molecule has 0 aliphatic carbocycles. The normalized spacial score (nSPS) is 11.6. The molecule has 0 radical (unpaired) electrons. The second kappa shape index (κ2) is 10.2. The minimum Gasteiger partial charge on any atom is -0.488 e. The number of hydrogen-bond donors (Lipinski definition) is 1. The molecule has 0 spiro atoms. The van der Waals surface area contributed by atoms with E-state index in [2.05, 4.69) is 31.3 Å². The summed E-state index contributed by atoms with van der Waals surface area (Å²) in [6.45, 7) is 6.26. The van der Waals surface area contributed by atoms with Gasteiger partial charge in [0.15, 0.2) is 0 Å². The molecule has 1 amide bonds. The summed E-state index contributed by atoms with van der Waals surface area (Å²) in [5, 5.41) is 4.76. The lowest BCUT2D eigenvalue weighted by atomic mass is 9.87. The minimum atomic E-state index is -0.452. The van der Waals surface area contributed by atoms with Crippen LogP contribution < -0.4 is 10.2 Å². The average molecular weight is 473 g/mol. The van der Waals surface area contributed by atoms with E-state index >= 15 is 0 Å². The van der Waals surface area contributed by atoms with Gasteiger partial charge in [0.05, 0.1) is 11.2 Å². The summed E-state index contributed by atoms with van der Waals surface area (Å²) in [6, 6.07) is 16.7. The summed E-state index contributed by atoms with van der Waals surface area (Å²) < 4.78 is 19.7. The van der Waals surface area contributed by atoms with Crippen LogP contribution >= 0.6 is 23.2 Å². The van der Waals surface area contributed by atoms with Crippen molar-refractivity contribution >= 4 is 35.3 Å². The van der Waals surface area contributed by atoms with Crippen molar-refractivity contribution in [1.29, 1.82) is 0 Å². The van der Waals surface area contributed by atoms with Crippen LogP contribution in [0, 0.1) is 5.82 Å². The van der Waals surface area contributed by atoms with E-state index in [9.17, 15) is 9.18 Å². The molecular formula is C25H23Cl2FN2O2. The molecule has 0 aromatic heterocycles. The number of halogens is 3. The number of amides is 1. The van der Waals surface area contributed by atoms with Gasteiger partial charge in [-0.2, -0.15) is 5.10 Å². The Kier molecular flexibility index (Phi) is 7.54. The van der Waals surface area contributed by atoms with Gasteiger partial charge in [-0.1, -0.05) is 62.2 Å². The Morgan fingerprint density at radius 1 is 1.09 bits per heavy atom. The molecule has 0 aliphatic heterocycles. The fourth-order valence-electron chi connectivity index (χ4n) is 2.92. The van der Waals surface area contributed by atoms with Gasteiger partial charge in [0.25, 0.3) is 5.91 Å². The van der Waals surface area contributed by atoms with Crippen molar-refractivity contribution in [2.24, 2.45) is 5.10 Å². The molecular weight excluding hydrogens is 450 g/mol. The molecule has 0 saturated heterocycles. The van der Waals surface area contributed by atoms with Gasteiger partial charge in [-0.15, -0.1) is 0 Å². The summed E-state index contributed by atoms with van der Waals surface area (Å²) in [4.78, 5) is 12.4. The lowest BCUT2D eigenvalue weighted by Crippen LogP contribution is -2.18. The Morgan fingerprint density at radius 3 is 2.47 bits per heavy atom. The number of ether oxygens (including phenoxy) is 1. The van der Waals surface area contributed by atoms with Gasteiger partial charge in [-0.25, -0.2) is 9.82 Å². The van der Waals surface area contributed by atoms with Gasteiger partial charge in [0, 0.05) is 21.7 Å². The molecule has 32 heavy (non-hydrogen) atoms. The lowest BCUT2D eigenvalue weighted by Gasteiger charge is -2.18. The fourth-order valence-corrected chi connectivity index (χ4v) is 3.32. The number of carbonyl (C=O) groups is 1. The topological polar surface area (TPSA) is 50.7 Å². The number of benzene rings is 3. The predicted octanol–water partition coefficient (Wildman–Crippen LogP) is 6.77. The van der Waals surface area contributed by atoms with E-state index in [4.69, 9.17) is 27.9 Å². The molecule has 0 saturated carbocycles. The van der Waals surface area contributed by atoms with Crippen molar-refractivity contribution in [2.75, 3.05) is 0 Å². The highest BCUT2D eigenvalue weighted by Gasteiger charge is 2.14. The fraction of sp³-hybridized carbons (Fsp3) is 0.200. The van der Waals surface area contributed by atoms with Crippen molar-refractivity contribution in [3.05, 3.63) is 98.8 Å². The van der Waals surface area contributed by atoms with Gasteiger partial charge >= 0.3 is 0 Å². The van der Waals surface area contributed by atoms with Gasteiger partial charge in [-0.3, -0.25) is 4.79 Å². The van der Waals surface area contributed by atoms with Gasteiger partial charge in [0.1, 0.15) is 18.2 Å². The van der Waals surface area contributed by atoms with E-state index < -0.39 is 5.82 Å². The lowest BCUT2D eigenvalue weighted by molar-refractivity contribution is 0.0955.